The molecule has 0 spiro atoms. The molecule has 1 aromatic rings. The van der Waals surface area contributed by atoms with Crippen LogP contribution < -0.4 is 16.6 Å². The van der Waals surface area contributed by atoms with Crippen molar-refractivity contribution in [3.63, 3.8) is 0 Å². The minimum absolute atomic E-state index is 0.118. The summed E-state index contributed by atoms with van der Waals surface area (Å²) in [6.45, 7) is 1.44. The average molecular weight is 292 g/mol. The Hall–Kier alpha value is -2.48. The van der Waals surface area contributed by atoms with Crippen LogP contribution in [0.2, 0.25) is 0 Å². The summed E-state index contributed by atoms with van der Waals surface area (Å²) in [5.41, 5.74) is 10.2. The van der Waals surface area contributed by atoms with Gasteiger partial charge in [-0.2, -0.15) is 0 Å². The topological polar surface area (TPSA) is 105 Å². The molecule has 1 aliphatic heterocycles. The van der Waals surface area contributed by atoms with Gasteiger partial charge < -0.3 is 5.73 Å². The number of rotatable bonds is 2. The van der Waals surface area contributed by atoms with E-state index in [2.05, 4.69) is 23.1 Å². The molecule has 1 aromatic carbocycles. The van der Waals surface area contributed by atoms with Crippen LogP contribution in [0.15, 0.2) is 24.3 Å². The lowest BCUT2D eigenvalue weighted by Crippen LogP contribution is -2.53. The molecule has 0 saturated heterocycles. The largest absolute Gasteiger partial charge is 0.375 e. The number of carbonyl (C=O) groups excluding carboxylic acids is 3. The van der Waals surface area contributed by atoms with Gasteiger partial charge in [-0.3, -0.25) is 30.1 Å². The van der Waals surface area contributed by atoms with Gasteiger partial charge in [0.05, 0.1) is 11.1 Å². The first kappa shape index (κ1) is 13.9. The number of nitrogens with one attached hydrogen (secondary N) is 2. The zero-order chi connectivity index (χ0) is 14.9. The molecule has 3 amide bonds. The number of fused-ring (bicyclic) bond motifs is 1. The molecule has 4 N–H and O–H groups in total. The summed E-state index contributed by atoms with van der Waals surface area (Å²) < 4.78 is 0. The highest BCUT2D eigenvalue weighted by atomic mass is 32.1. The maximum Gasteiger partial charge on any atom is 0.262 e. The van der Waals surface area contributed by atoms with Gasteiger partial charge in [0.1, 0.15) is 6.04 Å². The van der Waals surface area contributed by atoms with E-state index in [9.17, 15) is 14.4 Å². The van der Waals surface area contributed by atoms with Crippen molar-refractivity contribution < 1.29 is 14.4 Å². The standard InChI is InChI=1S/C12H12N4O3S/c1-6(9(17)14-15-12(13)20)16-10(18)7-4-2-3-5-8(7)11(16)19/h2-6H,1H3,(H,14,17)(H3,13,15,20)/t6-/m1/s1. The third-order valence-corrected chi connectivity index (χ3v) is 3.00. The Labute approximate surface area is 120 Å². The van der Waals surface area contributed by atoms with E-state index in [4.69, 9.17) is 5.73 Å². The number of benzene rings is 1. The van der Waals surface area contributed by atoms with Gasteiger partial charge in [0, 0.05) is 0 Å². The van der Waals surface area contributed by atoms with Crippen LogP contribution in [0.25, 0.3) is 0 Å². The number of nitrogens with two attached hydrogens (primary N) is 1. The van der Waals surface area contributed by atoms with Crippen molar-refractivity contribution in [1.29, 1.82) is 0 Å². The second kappa shape index (κ2) is 5.25. The average Bonchev–Trinajstić information content (AvgIpc) is 2.68. The highest BCUT2D eigenvalue weighted by molar-refractivity contribution is 7.80. The van der Waals surface area contributed by atoms with E-state index in [1.165, 1.54) is 6.92 Å². The normalized spacial score (nSPS) is 14.8. The Morgan fingerprint density at radius 2 is 1.70 bits per heavy atom. The van der Waals surface area contributed by atoms with Crippen LogP contribution in [0, 0.1) is 0 Å². The Bertz CT molecular complexity index is 581. The molecule has 0 radical (unpaired) electrons. The SMILES string of the molecule is C[C@H](C(=O)NNC(N)=S)N1C(=O)c2ccccc2C1=O. The molecular formula is C12H12N4O3S. The number of thiocarbonyl (C=S) groups is 1. The number of carbonyl (C=O) groups is 3. The van der Waals surface area contributed by atoms with Gasteiger partial charge in [0.2, 0.25) is 0 Å². The fraction of sp³-hybridized carbons (Fsp3) is 0.167. The van der Waals surface area contributed by atoms with E-state index in [1.807, 2.05) is 0 Å². The van der Waals surface area contributed by atoms with Gasteiger partial charge >= 0.3 is 0 Å². The Balaban J connectivity index is 2.19. The minimum Gasteiger partial charge on any atom is -0.375 e. The Morgan fingerprint density at radius 3 is 2.15 bits per heavy atom. The van der Waals surface area contributed by atoms with Crippen LogP contribution in [0.5, 0.6) is 0 Å². The first-order valence-corrected chi connectivity index (χ1v) is 6.16. The lowest BCUT2D eigenvalue weighted by Gasteiger charge is -2.21. The molecule has 0 unspecified atom stereocenters. The number of amides is 3. The smallest absolute Gasteiger partial charge is 0.262 e. The number of nitrogens with zero attached hydrogens (tertiary/aromatic N) is 1. The Kier molecular flexibility index (Phi) is 3.66. The molecule has 1 aliphatic rings. The molecule has 8 heteroatoms. The summed E-state index contributed by atoms with van der Waals surface area (Å²) in [4.78, 5) is 37.0. The van der Waals surface area contributed by atoms with Crippen molar-refractivity contribution in [2.45, 2.75) is 13.0 Å². The van der Waals surface area contributed by atoms with Crippen molar-refractivity contribution in [1.82, 2.24) is 15.8 Å². The van der Waals surface area contributed by atoms with E-state index in [1.54, 1.807) is 24.3 Å². The van der Waals surface area contributed by atoms with E-state index in [0.29, 0.717) is 11.1 Å². The van der Waals surface area contributed by atoms with Crippen molar-refractivity contribution in [2.24, 2.45) is 5.73 Å². The number of hydrogen-bond acceptors (Lipinski definition) is 4. The quantitative estimate of drug-likeness (QED) is 0.387. The number of hydrogen-bond donors (Lipinski definition) is 3. The molecule has 7 nitrogen and oxygen atoms in total. The summed E-state index contributed by atoms with van der Waals surface area (Å²) >= 11 is 4.54. The molecule has 1 atom stereocenters. The van der Waals surface area contributed by atoms with Gasteiger partial charge in [-0.15, -0.1) is 0 Å². The molecule has 0 bridgehead atoms. The van der Waals surface area contributed by atoms with E-state index >= 15 is 0 Å². The molecule has 0 fully saturated rings. The first-order chi connectivity index (χ1) is 9.43. The van der Waals surface area contributed by atoms with Crippen molar-refractivity contribution in [3.8, 4) is 0 Å². The summed E-state index contributed by atoms with van der Waals surface area (Å²) in [6, 6.07) is 5.43. The highest BCUT2D eigenvalue weighted by Gasteiger charge is 2.40. The van der Waals surface area contributed by atoms with Crippen LogP contribution >= 0.6 is 12.2 Å². The fourth-order valence-electron chi connectivity index (χ4n) is 1.90. The van der Waals surface area contributed by atoms with Crippen LogP contribution in [0.4, 0.5) is 0 Å². The summed E-state index contributed by atoms with van der Waals surface area (Å²) in [7, 11) is 0. The fourth-order valence-corrected chi connectivity index (χ4v) is 1.96. The van der Waals surface area contributed by atoms with Crippen LogP contribution in [-0.4, -0.2) is 33.8 Å². The predicted octanol–water partition coefficient (Wildman–Crippen LogP) is -0.464. The third-order valence-electron chi connectivity index (χ3n) is 2.90. The summed E-state index contributed by atoms with van der Waals surface area (Å²) in [6.07, 6.45) is 0. The summed E-state index contributed by atoms with van der Waals surface area (Å²) in [5.74, 6) is -1.58. The first-order valence-electron chi connectivity index (χ1n) is 5.75. The lowest BCUT2D eigenvalue weighted by atomic mass is 10.1. The zero-order valence-electron chi connectivity index (χ0n) is 10.5. The van der Waals surface area contributed by atoms with Crippen LogP contribution in [0.3, 0.4) is 0 Å². The van der Waals surface area contributed by atoms with Gasteiger partial charge in [-0.1, -0.05) is 12.1 Å². The highest BCUT2D eigenvalue weighted by Crippen LogP contribution is 2.24. The van der Waals surface area contributed by atoms with Gasteiger partial charge in [0.15, 0.2) is 5.11 Å². The summed E-state index contributed by atoms with van der Waals surface area (Å²) in [5, 5.41) is -0.118. The number of hydrazine groups is 1. The second-order valence-electron chi connectivity index (χ2n) is 4.18. The van der Waals surface area contributed by atoms with Gasteiger partial charge in [0.25, 0.3) is 17.7 Å². The second-order valence-corrected chi connectivity index (χ2v) is 4.62. The van der Waals surface area contributed by atoms with E-state index in [-0.39, 0.29) is 5.11 Å². The lowest BCUT2D eigenvalue weighted by molar-refractivity contribution is -0.125. The monoisotopic (exact) mass is 292 g/mol. The molecule has 104 valence electrons. The van der Waals surface area contributed by atoms with Crippen LogP contribution in [-0.2, 0) is 4.79 Å². The minimum atomic E-state index is -0.982. The third kappa shape index (κ3) is 2.32. The van der Waals surface area contributed by atoms with E-state index < -0.39 is 23.8 Å². The van der Waals surface area contributed by atoms with Gasteiger partial charge in [-0.25, -0.2) is 0 Å². The molecule has 20 heavy (non-hydrogen) atoms. The van der Waals surface area contributed by atoms with E-state index in [0.717, 1.165) is 4.90 Å². The van der Waals surface area contributed by atoms with Crippen molar-refractivity contribution in [2.75, 3.05) is 0 Å². The maximum atomic E-state index is 12.1. The van der Waals surface area contributed by atoms with Gasteiger partial charge in [-0.05, 0) is 31.3 Å². The molecular weight excluding hydrogens is 280 g/mol. The van der Waals surface area contributed by atoms with Crippen LogP contribution in [0.1, 0.15) is 27.6 Å². The predicted molar refractivity (Wildman–Crippen MR) is 74.5 cm³/mol. The van der Waals surface area contributed by atoms with Crippen molar-refractivity contribution >= 4 is 35.1 Å². The molecule has 0 saturated carbocycles. The van der Waals surface area contributed by atoms with Crippen molar-refractivity contribution in [3.05, 3.63) is 35.4 Å². The molecule has 2 rings (SSSR count). The molecule has 0 aliphatic carbocycles. The molecule has 0 aromatic heterocycles. The Morgan fingerprint density at radius 1 is 1.20 bits per heavy atom. The number of imide groups is 1. The zero-order valence-corrected chi connectivity index (χ0v) is 11.4. The maximum absolute atomic E-state index is 12.1. The molecule has 1 heterocycles.